The van der Waals surface area contributed by atoms with Crippen molar-refractivity contribution in [2.75, 3.05) is 32.8 Å². The van der Waals surface area contributed by atoms with Crippen LogP contribution in [0.15, 0.2) is 36.4 Å². The third kappa shape index (κ3) is 10.9. The second kappa shape index (κ2) is 15.4. The maximum atomic E-state index is 13.6. The predicted octanol–water partition coefficient (Wildman–Crippen LogP) is 2.52. The van der Waals surface area contributed by atoms with Crippen molar-refractivity contribution in [1.29, 1.82) is 0 Å². The first-order valence-electron chi connectivity index (χ1n) is 14.4. The number of aliphatic hydroxyl groups excluding tert-OH is 1. The van der Waals surface area contributed by atoms with Crippen molar-refractivity contribution in [2.24, 2.45) is 0 Å². The highest BCUT2D eigenvalue weighted by atomic mass is 16.8. The SMILES string of the molecule is CCOC(=O)ON1CCN(C(=O)C(CCC(=O)OC(C)(C)C)NC(=O)c2cc(C[C@H](C)O)nc(-c3ccccc3)n2)CC1. The zero-order valence-electron chi connectivity index (χ0n) is 25.4. The standard InChI is InChI=1S/C30H41N5O8/c1-6-41-29(40)43-35-16-14-34(15-17-35)28(39)23(12-13-25(37)42-30(3,4)5)33-27(38)24-19-22(18-20(2)36)31-26(32-24)21-10-8-7-9-11-21/h7-11,19-20,23,36H,6,12-18H2,1-5H3,(H,33,38)/t20-,23?/m0/s1. The minimum atomic E-state index is -1.06. The maximum Gasteiger partial charge on any atom is 0.527 e. The number of piperazine rings is 1. The zero-order chi connectivity index (χ0) is 31.6. The fourth-order valence-corrected chi connectivity index (χ4v) is 4.35. The third-order valence-corrected chi connectivity index (χ3v) is 6.23. The van der Waals surface area contributed by atoms with Crippen LogP contribution >= 0.6 is 0 Å². The molecule has 1 aliphatic rings. The van der Waals surface area contributed by atoms with Gasteiger partial charge in [0.05, 0.1) is 25.8 Å². The van der Waals surface area contributed by atoms with Gasteiger partial charge in [0.1, 0.15) is 17.3 Å². The summed E-state index contributed by atoms with van der Waals surface area (Å²) in [5.41, 5.74) is 0.462. The van der Waals surface area contributed by atoms with Crippen LogP contribution in [0, 0.1) is 0 Å². The number of nitrogens with one attached hydrogen (secondary N) is 1. The number of amides is 2. The molecule has 3 rings (SSSR count). The van der Waals surface area contributed by atoms with Crippen molar-refractivity contribution in [2.45, 2.75) is 71.6 Å². The van der Waals surface area contributed by atoms with Gasteiger partial charge in [0.2, 0.25) is 5.91 Å². The third-order valence-electron chi connectivity index (χ3n) is 6.23. The highest BCUT2D eigenvalue weighted by Crippen LogP contribution is 2.18. The fourth-order valence-electron chi connectivity index (χ4n) is 4.35. The van der Waals surface area contributed by atoms with Gasteiger partial charge in [-0.15, -0.1) is 5.06 Å². The van der Waals surface area contributed by atoms with Crippen molar-refractivity contribution in [3.63, 3.8) is 0 Å². The number of aromatic nitrogens is 2. The molecule has 234 valence electrons. The number of hydroxylamine groups is 2. The smallest absolute Gasteiger partial charge is 0.460 e. The van der Waals surface area contributed by atoms with E-state index < -0.39 is 41.7 Å². The van der Waals surface area contributed by atoms with Crippen LogP contribution < -0.4 is 5.32 Å². The summed E-state index contributed by atoms with van der Waals surface area (Å²) < 4.78 is 10.2. The molecule has 0 bridgehead atoms. The monoisotopic (exact) mass is 599 g/mol. The first-order chi connectivity index (χ1) is 20.3. The molecule has 1 unspecified atom stereocenters. The number of carbonyl (C=O) groups excluding carboxylic acids is 4. The van der Waals surface area contributed by atoms with Gasteiger partial charge in [0, 0.05) is 37.2 Å². The number of nitrogens with zero attached hydrogens (tertiary/aromatic N) is 4. The number of aliphatic hydroxyl groups is 1. The van der Waals surface area contributed by atoms with E-state index in [1.807, 2.05) is 30.3 Å². The van der Waals surface area contributed by atoms with E-state index in [0.29, 0.717) is 17.1 Å². The van der Waals surface area contributed by atoms with Crippen LogP contribution in [0.4, 0.5) is 4.79 Å². The fraction of sp³-hybridized carbons (Fsp3) is 0.533. The summed E-state index contributed by atoms with van der Waals surface area (Å²) in [6, 6.07) is 9.53. The van der Waals surface area contributed by atoms with Gasteiger partial charge >= 0.3 is 12.1 Å². The molecule has 43 heavy (non-hydrogen) atoms. The van der Waals surface area contributed by atoms with E-state index in [1.165, 1.54) is 11.1 Å². The maximum absolute atomic E-state index is 13.6. The van der Waals surface area contributed by atoms with Gasteiger partial charge in [-0.3, -0.25) is 14.4 Å². The molecule has 0 radical (unpaired) electrons. The summed E-state index contributed by atoms with van der Waals surface area (Å²) in [7, 11) is 0. The Morgan fingerprint density at radius 3 is 2.33 bits per heavy atom. The lowest BCUT2D eigenvalue weighted by molar-refractivity contribution is -0.158. The molecule has 13 heteroatoms. The van der Waals surface area contributed by atoms with Crippen LogP contribution in [0.1, 0.15) is 63.6 Å². The lowest BCUT2D eigenvalue weighted by Gasteiger charge is -2.35. The van der Waals surface area contributed by atoms with E-state index in [-0.39, 0.29) is 57.7 Å². The molecule has 2 heterocycles. The summed E-state index contributed by atoms with van der Waals surface area (Å²) in [4.78, 5) is 66.9. The van der Waals surface area contributed by atoms with Crippen LogP contribution in [-0.2, 0) is 30.3 Å². The van der Waals surface area contributed by atoms with Gasteiger partial charge in [-0.2, -0.15) is 0 Å². The average Bonchev–Trinajstić information content (AvgIpc) is 2.94. The normalized spacial score (nSPS) is 15.3. The quantitative estimate of drug-likeness (QED) is 0.365. The van der Waals surface area contributed by atoms with Crippen LogP contribution in [0.2, 0.25) is 0 Å². The molecule has 2 atom stereocenters. The highest BCUT2D eigenvalue weighted by molar-refractivity contribution is 5.96. The van der Waals surface area contributed by atoms with Gasteiger partial charge in [-0.05, 0) is 47.1 Å². The lowest BCUT2D eigenvalue weighted by Crippen LogP contribution is -2.55. The number of ether oxygens (including phenoxy) is 2. The summed E-state index contributed by atoms with van der Waals surface area (Å²) in [5, 5.41) is 14.1. The van der Waals surface area contributed by atoms with Gasteiger partial charge in [-0.25, -0.2) is 14.8 Å². The van der Waals surface area contributed by atoms with Gasteiger partial charge in [0.25, 0.3) is 5.91 Å². The van der Waals surface area contributed by atoms with Crippen molar-refractivity contribution >= 4 is 23.9 Å². The average molecular weight is 600 g/mol. The van der Waals surface area contributed by atoms with Gasteiger partial charge in [0.15, 0.2) is 5.82 Å². The summed E-state index contributed by atoms with van der Waals surface area (Å²) >= 11 is 0. The zero-order valence-corrected chi connectivity index (χ0v) is 25.4. The molecular formula is C30H41N5O8. The van der Waals surface area contributed by atoms with Crippen molar-refractivity contribution in [1.82, 2.24) is 25.2 Å². The predicted molar refractivity (Wildman–Crippen MR) is 155 cm³/mol. The largest absolute Gasteiger partial charge is 0.527 e. The molecule has 0 aliphatic carbocycles. The number of carbonyl (C=O) groups is 4. The molecule has 2 aromatic rings. The number of esters is 1. The molecule has 1 aliphatic heterocycles. The van der Waals surface area contributed by atoms with Crippen LogP contribution in [0.25, 0.3) is 11.4 Å². The van der Waals surface area contributed by atoms with Crippen molar-refractivity contribution in [3.8, 4) is 11.4 Å². The Balaban J connectivity index is 1.80. The van der Waals surface area contributed by atoms with Crippen LogP contribution in [0.5, 0.6) is 0 Å². The Kier molecular flexibility index (Phi) is 12.0. The molecule has 0 spiro atoms. The first-order valence-corrected chi connectivity index (χ1v) is 14.4. The van der Waals surface area contributed by atoms with Crippen molar-refractivity contribution < 1.29 is 38.6 Å². The van der Waals surface area contributed by atoms with Crippen molar-refractivity contribution in [3.05, 3.63) is 47.8 Å². The molecule has 0 saturated carbocycles. The molecule has 1 saturated heterocycles. The highest BCUT2D eigenvalue weighted by Gasteiger charge is 2.31. The minimum Gasteiger partial charge on any atom is -0.460 e. The van der Waals surface area contributed by atoms with E-state index in [9.17, 15) is 24.3 Å². The van der Waals surface area contributed by atoms with E-state index in [4.69, 9.17) is 14.3 Å². The molecule has 1 aromatic carbocycles. The number of hydrogen-bond donors (Lipinski definition) is 2. The van der Waals surface area contributed by atoms with Crippen LogP contribution in [-0.4, -0.2) is 99.5 Å². The van der Waals surface area contributed by atoms with E-state index in [2.05, 4.69) is 15.3 Å². The Morgan fingerprint density at radius 2 is 1.72 bits per heavy atom. The number of hydrogen-bond acceptors (Lipinski definition) is 11. The number of benzene rings is 1. The Bertz CT molecular complexity index is 1260. The Morgan fingerprint density at radius 1 is 1.05 bits per heavy atom. The molecule has 2 amide bonds. The van der Waals surface area contributed by atoms with Gasteiger partial charge < -0.3 is 29.6 Å². The first kappa shape index (κ1) is 33.4. The lowest BCUT2D eigenvalue weighted by atomic mass is 10.1. The molecule has 1 aromatic heterocycles. The Labute approximate surface area is 251 Å². The summed E-state index contributed by atoms with van der Waals surface area (Å²) in [6.45, 7) is 9.64. The Hall–Kier alpha value is -4.10. The molecule has 1 fully saturated rings. The summed E-state index contributed by atoms with van der Waals surface area (Å²) in [6.07, 6.45) is -1.44. The van der Waals surface area contributed by atoms with Crippen LogP contribution in [0.3, 0.4) is 0 Å². The molecular weight excluding hydrogens is 558 g/mol. The second-order valence-corrected chi connectivity index (χ2v) is 11.2. The number of rotatable bonds is 11. The van der Waals surface area contributed by atoms with E-state index >= 15 is 0 Å². The molecule has 13 nitrogen and oxygen atoms in total. The van der Waals surface area contributed by atoms with E-state index in [0.717, 1.165) is 0 Å². The van der Waals surface area contributed by atoms with E-state index in [1.54, 1.807) is 39.5 Å². The molecule has 2 N–H and O–H groups in total. The van der Waals surface area contributed by atoms with Gasteiger partial charge in [-0.1, -0.05) is 30.3 Å². The topological polar surface area (TPSA) is 160 Å². The summed E-state index contributed by atoms with van der Waals surface area (Å²) in [5.74, 6) is -1.22. The second-order valence-electron chi connectivity index (χ2n) is 11.2. The minimum absolute atomic E-state index is 0.00379.